The van der Waals surface area contributed by atoms with E-state index in [-0.39, 0.29) is 0 Å². The van der Waals surface area contributed by atoms with Gasteiger partial charge in [-0.05, 0) is 51.2 Å². The number of hydrogen-bond donors (Lipinski definition) is 1. The molecule has 1 aromatic rings. The van der Waals surface area contributed by atoms with Crippen LogP contribution in [0.2, 0.25) is 0 Å². The summed E-state index contributed by atoms with van der Waals surface area (Å²) in [6, 6.07) is 2.73. The van der Waals surface area contributed by atoms with Crippen molar-refractivity contribution in [1.29, 1.82) is 0 Å². The van der Waals surface area contributed by atoms with Gasteiger partial charge in [-0.3, -0.25) is 0 Å². The molecule has 104 valence electrons. The molecule has 0 aliphatic heterocycles. The minimum atomic E-state index is 0.477. The maximum absolute atomic E-state index is 3.56. The van der Waals surface area contributed by atoms with Gasteiger partial charge in [0, 0.05) is 25.0 Å². The molecule has 0 amide bonds. The van der Waals surface area contributed by atoms with Gasteiger partial charge < -0.3 is 14.8 Å². The van der Waals surface area contributed by atoms with Crippen LogP contribution in [-0.2, 0) is 6.54 Å². The van der Waals surface area contributed by atoms with Gasteiger partial charge in [0.2, 0.25) is 0 Å². The Hall–Kier alpha value is -0.800. The topological polar surface area (TPSA) is 20.2 Å². The van der Waals surface area contributed by atoms with Crippen molar-refractivity contribution < 1.29 is 0 Å². The van der Waals surface area contributed by atoms with Crippen molar-refractivity contribution >= 4 is 0 Å². The van der Waals surface area contributed by atoms with Crippen LogP contribution in [0, 0.1) is 5.92 Å². The van der Waals surface area contributed by atoms with Crippen LogP contribution in [0.1, 0.15) is 38.8 Å². The van der Waals surface area contributed by atoms with Gasteiger partial charge in [0.15, 0.2) is 0 Å². The molecule has 0 aromatic carbocycles. The molecule has 1 heterocycles. The minimum Gasteiger partial charge on any atom is -0.354 e. The van der Waals surface area contributed by atoms with Crippen molar-refractivity contribution in [3.8, 4) is 0 Å². The summed E-state index contributed by atoms with van der Waals surface area (Å²) in [5.74, 6) is 0.627. The summed E-state index contributed by atoms with van der Waals surface area (Å²) in [4.78, 5) is 2.24. The van der Waals surface area contributed by atoms with Crippen LogP contribution < -0.4 is 5.32 Å². The molecule has 0 fully saturated rings. The third-order valence-corrected chi connectivity index (χ3v) is 3.24. The predicted molar refractivity (Wildman–Crippen MR) is 78.9 cm³/mol. The summed E-state index contributed by atoms with van der Waals surface area (Å²) in [6.45, 7) is 10.00. The third-order valence-electron chi connectivity index (χ3n) is 3.24. The Morgan fingerprint density at radius 3 is 2.61 bits per heavy atom. The Morgan fingerprint density at radius 1 is 1.33 bits per heavy atom. The van der Waals surface area contributed by atoms with Gasteiger partial charge in [0.1, 0.15) is 0 Å². The summed E-state index contributed by atoms with van der Waals surface area (Å²) in [6.07, 6.45) is 5.70. The van der Waals surface area contributed by atoms with E-state index < -0.39 is 0 Å². The molecule has 0 aliphatic carbocycles. The molecule has 0 saturated heterocycles. The lowest BCUT2D eigenvalue weighted by molar-refractivity contribution is 0.386. The van der Waals surface area contributed by atoms with Crippen molar-refractivity contribution in [1.82, 2.24) is 14.8 Å². The fourth-order valence-electron chi connectivity index (χ4n) is 2.31. The quantitative estimate of drug-likeness (QED) is 0.766. The van der Waals surface area contributed by atoms with Gasteiger partial charge in [-0.1, -0.05) is 20.8 Å². The molecule has 3 heteroatoms. The van der Waals surface area contributed by atoms with Gasteiger partial charge in [0.05, 0.1) is 0 Å². The molecule has 0 aliphatic rings. The second-order valence-electron chi connectivity index (χ2n) is 5.62. The highest BCUT2D eigenvalue weighted by Gasteiger charge is 2.15. The SMILES string of the molecule is CCNC(c1ccn(CCCN(C)C)c1)C(C)C. The van der Waals surface area contributed by atoms with Gasteiger partial charge in [-0.15, -0.1) is 0 Å². The zero-order chi connectivity index (χ0) is 13.5. The average Bonchev–Trinajstić information content (AvgIpc) is 2.73. The number of aromatic nitrogens is 1. The van der Waals surface area contributed by atoms with Gasteiger partial charge in [-0.25, -0.2) is 0 Å². The number of aryl methyl sites for hydroxylation is 1. The van der Waals surface area contributed by atoms with E-state index in [0.29, 0.717) is 12.0 Å². The largest absolute Gasteiger partial charge is 0.354 e. The van der Waals surface area contributed by atoms with E-state index >= 15 is 0 Å². The number of hydrogen-bond acceptors (Lipinski definition) is 2. The lowest BCUT2D eigenvalue weighted by atomic mass is 9.98. The van der Waals surface area contributed by atoms with Crippen LogP contribution >= 0.6 is 0 Å². The maximum atomic E-state index is 3.56. The summed E-state index contributed by atoms with van der Waals surface area (Å²) in [5.41, 5.74) is 1.41. The van der Waals surface area contributed by atoms with Crippen LogP contribution in [0.4, 0.5) is 0 Å². The average molecular weight is 251 g/mol. The van der Waals surface area contributed by atoms with E-state index in [9.17, 15) is 0 Å². The van der Waals surface area contributed by atoms with E-state index in [1.165, 1.54) is 12.0 Å². The highest BCUT2D eigenvalue weighted by Crippen LogP contribution is 2.21. The Morgan fingerprint density at radius 2 is 2.06 bits per heavy atom. The van der Waals surface area contributed by atoms with Crippen molar-refractivity contribution in [3.63, 3.8) is 0 Å². The summed E-state index contributed by atoms with van der Waals surface area (Å²) in [7, 11) is 4.25. The van der Waals surface area contributed by atoms with E-state index in [0.717, 1.165) is 19.6 Å². The highest BCUT2D eigenvalue weighted by atomic mass is 15.1. The van der Waals surface area contributed by atoms with Gasteiger partial charge >= 0.3 is 0 Å². The van der Waals surface area contributed by atoms with Crippen molar-refractivity contribution in [2.75, 3.05) is 27.2 Å². The molecule has 0 bridgehead atoms. The second-order valence-corrected chi connectivity index (χ2v) is 5.62. The van der Waals surface area contributed by atoms with Crippen LogP contribution in [0.5, 0.6) is 0 Å². The molecular weight excluding hydrogens is 222 g/mol. The van der Waals surface area contributed by atoms with Crippen LogP contribution in [0.3, 0.4) is 0 Å². The molecule has 1 N–H and O–H groups in total. The smallest absolute Gasteiger partial charge is 0.0358 e. The zero-order valence-electron chi connectivity index (χ0n) is 12.6. The van der Waals surface area contributed by atoms with Crippen molar-refractivity contribution in [2.24, 2.45) is 5.92 Å². The van der Waals surface area contributed by atoms with Gasteiger partial charge in [0.25, 0.3) is 0 Å². The first kappa shape index (κ1) is 15.3. The molecule has 1 rings (SSSR count). The molecule has 1 unspecified atom stereocenters. The fraction of sp³-hybridized carbons (Fsp3) is 0.733. The normalized spacial score (nSPS) is 13.5. The Kier molecular flexibility index (Phi) is 6.44. The van der Waals surface area contributed by atoms with Gasteiger partial charge in [-0.2, -0.15) is 0 Å². The first-order valence-corrected chi connectivity index (χ1v) is 7.08. The fourth-order valence-corrected chi connectivity index (χ4v) is 2.31. The van der Waals surface area contributed by atoms with Crippen LogP contribution in [-0.4, -0.2) is 36.7 Å². The summed E-state index contributed by atoms with van der Waals surface area (Å²) in [5, 5.41) is 3.56. The standard InChI is InChI=1S/C15H29N3/c1-6-16-15(13(2)3)14-8-11-18(12-14)10-7-9-17(4)5/h8,11-13,15-16H,6-7,9-10H2,1-5H3. The van der Waals surface area contributed by atoms with E-state index in [1.54, 1.807) is 0 Å². The predicted octanol–water partition coefficient (Wildman–Crippen LogP) is 2.75. The van der Waals surface area contributed by atoms with Crippen LogP contribution in [0.25, 0.3) is 0 Å². The molecule has 0 saturated carbocycles. The second kappa shape index (κ2) is 7.59. The number of nitrogens with zero attached hydrogens (tertiary/aromatic N) is 2. The Bertz CT molecular complexity index is 328. The molecule has 18 heavy (non-hydrogen) atoms. The Labute approximate surface area is 112 Å². The zero-order valence-corrected chi connectivity index (χ0v) is 12.6. The minimum absolute atomic E-state index is 0.477. The third kappa shape index (κ3) is 4.83. The molecule has 0 spiro atoms. The molecule has 1 atom stereocenters. The highest BCUT2D eigenvalue weighted by molar-refractivity contribution is 5.16. The molecule has 0 radical (unpaired) electrons. The molecule has 1 aromatic heterocycles. The van der Waals surface area contributed by atoms with E-state index in [1.807, 2.05) is 0 Å². The summed E-state index contributed by atoms with van der Waals surface area (Å²) >= 11 is 0. The molecule has 3 nitrogen and oxygen atoms in total. The number of rotatable bonds is 8. The molecular formula is C15H29N3. The first-order chi connectivity index (χ1) is 8.54. The lowest BCUT2D eigenvalue weighted by Gasteiger charge is -2.20. The lowest BCUT2D eigenvalue weighted by Crippen LogP contribution is -2.25. The number of nitrogens with one attached hydrogen (secondary N) is 1. The monoisotopic (exact) mass is 251 g/mol. The first-order valence-electron chi connectivity index (χ1n) is 7.08. The summed E-state index contributed by atoms with van der Waals surface area (Å²) < 4.78 is 2.31. The maximum Gasteiger partial charge on any atom is 0.0358 e. The van der Waals surface area contributed by atoms with E-state index in [2.05, 4.69) is 68.1 Å². The van der Waals surface area contributed by atoms with Crippen LogP contribution in [0.15, 0.2) is 18.5 Å². The Balaban J connectivity index is 2.55. The van der Waals surface area contributed by atoms with E-state index in [4.69, 9.17) is 0 Å². The van der Waals surface area contributed by atoms with Crippen molar-refractivity contribution in [3.05, 3.63) is 24.0 Å². The van der Waals surface area contributed by atoms with Crippen molar-refractivity contribution in [2.45, 2.75) is 39.8 Å².